The molecule has 0 spiro atoms. The maximum Gasteiger partial charge on any atom is 0.0509 e. The first kappa shape index (κ1) is 15.6. The van der Waals surface area contributed by atoms with Crippen LogP contribution in [0.25, 0.3) is 6.08 Å². The quantitative estimate of drug-likeness (QED) is 0.793. The number of rotatable bonds is 6. The molecule has 0 bridgehead atoms. The van der Waals surface area contributed by atoms with Gasteiger partial charge in [-0.05, 0) is 42.3 Å². The van der Waals surface area contributed by atoms with Gasteiger partial charge in [-0.15, -0.1) is 0 Å². The van der Waals surface area contributed by atoms with E-state index in [2.05, 4.69) is 85.9 Å². The number of nitrogens with zero attached hydrogens (tertiary/aromatic N) is 1. The molecule has 112 valence electrons. The van der Waals surface area contributed by atoms with Gasteiger partial charge >= 0.3 is 0 Å². The summed E-state index contributed by atoms with van der Waals surface area (Å²) in [7, 11) is 4.13. The van der Waals surface area contributed by atoms with Gasteiger partial charge in [-0.25, -0.2) is 0 Å². The van der Waals surface area contributed by atoms with Crippen molar-refractivity contribution in [3.05, 3.63) is 59.7 Å². The van der Waals surface area contributed by atoms with E-state index < -0.39 is 0 Å². The lowest BCUT2D eigenvalue weighted by molar-refractivity contribution is 0.619. The van der Waals surface area contributed by atoms with Gasteiger partial charge in [-0.2, -0.15) is 0 Å². The summed E-state index contributed by atoms with van der Waals surface area (Å²) in [5.41, 5.74) is 3.80. The van der Waals surface area contributed by atoms with E-state index in [0.29, 0.717) is 6.04 Å². The van der Waals surface area contributed by atoms with Gasteiger partial charge in [0.1, 0.15) is 0 Å². The Morgan fingerprint density at radius 2 is 1.90 bits per heavy atom. The lowest BCUT2D eigenvalue weighted by atomic mass is 9.99. The van der Waals surface area contributed by atoms with Crippen LogP contribution in [0.1, 0.15) is 25.3 Å². The van der Waals surface area contributed by atoms with Crippen molar-refractivity contribution in [2.45, 2.75) is 25.8 Å². The van der Waals surface area contributed by atoms with Gasteiger partial charge in [-0.3, -0.25) is 0 Å². The Morgan fingerprint density at radius 1 is 1.14 bits per heavy atom. The van der Waals surface area contributed by atoms with Crippen molar-refractivity contribution in [1.82, 2.24) is 5.32 Å². The third-order valence-electron chi connectivity index (χ3n) is 3.70. The monoisotopic (exact) mass is 282 g/mol. The predicted octanol–water partition coefficient (Wildman–Crippen LogP) is 4.02. The molecule has 1 aliphatic carbocycles. The standard InChI is InChI=1S/C19H26N2/c1-4-5-14-20-19-9-7-6-8-17(19)15-16-10-12-18(13-11-16)21(2)3/h6-13,15,19-20H,4-5,14H2,1-3H3. The third-order valence-corrected chi connectivity index (χ3v) is 3.70. The van der Waals surface area contributed by atoms with Crippen LogP contribution in [-0.2, 0) is 0 Å². The van der Waals surface area contributed by atoms with Crippen molar-refractivity contribution in [2.75, 3.05) is 25.5 Å². The molecular weight excluding hydrogens is 256 g/mol. The molecule has 0 aliphatic heterocycles. The van der Waals surface area contributed by atoms with Gasteiger partial charge in [0.25, 0.3) is 0 Å². The molecule has 1 unspecified atom stereocenters. The van der Waals surface area contributed by atoms with Crippen molar-refractivity contribution in [2.24, 2.45) is 0 Å². The van der Waals surface area contributed by atoms with Crippen LogP contribution in [0.5, 0.6) is 0 Å². The highest BCUT2D eigenvalue weighted by Gasteiger charge is 2.10. The highest BCUT2D eigenvalue weighted by Crippen LogP contribution is 2.18. The summed E-state index contributed by atoms with van der Waals surface area (Å²) in [5, 5.41) is 3.61. The maximum absolute atomic E-state index is 3.61. The van der Waals surface area contributed by atoms with Crippen LogP contribution in [0, 0.1) is 0 Å². The molecule has 1 aromatic carbocycles. The van der Waals surface area contributed by atoms with Crippen LogP contribution in [-0.4, -0.2) is 26.7 Å². The van der Waals surface area contributed by atoms with E-state index in [-0.39, 0.29) is 0 Å². The first-order chi connectivity index (χ1) is 10.2. The minimum absolute atomic E-state index is 0.329. The van der Waals surface area contributed by atoms with Gasteiger partial charge in [0.15, 0.2) is 0 Å². The topological polar surface area (TPSA) is 15.3 Å². The molecular formula is C19H26N2. The Bertz CT molecular complexity index is 521. The van der Waals surface area contributed by atoms with Gasteiger partial charge < -0.3 is 10.2 Å². The molecule has 0 saturated carbocycles. The SMILES string of the molecule is CCCCNC1C=CC=CC1=Cc1ccc(N(C)C)cc1. The van der Waals surface area contributed by atoms with Crippen LogP contribution >= 0.6 is 0 Å². The predicted molar refractivity (Wildman–Crippen MR) is 93.7 cm³/mol. The van der Waals surface area contributed by atoms with E-state index in [9.17, 15) is 0 Å². The lowest BCUT2D eigenvalue weighted by Gasteiger charge is -2.19. The summed E-state index contributed by atoms with van der Waals surface area (Å²) in [6, 6.07) is 9.01. The van der Waals surface area contributed by atoms with Crippen molar-refractivity contribution in [1.29, 1.82) is 0 Å². The summed E-state index contributed by atoms with van der Waals surface area (Å²) in [6.45, 7) is 3.29. The number of hydrogen-bond acceptors (Lipinski definition) is 2. The molecule has 0 radical (unpaired) electrons. The molecule has 0 saturated heterocycles. The number of allylic oxidation sites excluding steroid dienone is 2. The van der Waals surface area contributed by atoms with Crippen LogP contribution in [0.3, 0.4) is 0 Å². The average Bonchev–Trinajstić information content (AvgIpc) is 2.50. The van der Waals surface area contributed by atoms with E-state index in [1.165, 1.54) is 29.7 Å². The Labute approximate surface area is 128 Å². The maximum atomic E-state index is 3.61. The van der Waals surface area contributed by atoms with Crippen LogP contribution in [0.15, 0.2) is 54.1 Å². The van der Waals surface area contributed by atoms with Crippen LogP contribution in [0.2, 0.25) is 0 Å². The minimum Gasteiger partial charge on any atom is -0.378 e. The zero-order chi connectivity index (χ0) is 15.1. The highest BCUT2D eigenvalue weighted by atomic mass is 15.1. The molecule has 2 nitrogen and oxygen atoms in total. The Balaban J connectivity index is 2.09. The first-order valence-electron chi connectivity index (χ1n) is 7.78. The Hall–Kier alpha value is -1.80. The summed E-state index contributed by atoms with van der Waals surface area (Å²) < 4.78 is 0. The van der Waals surface area contributed by atoms with Crippen molar-refractivity contribution in [3.63, 3.8) is 0 Å². The molecule has 1 atom stereocenters. The van der Waals surface area contributed by atoms with E-state index in [4.69, 9.17) is 0 Å². The zero-order valence-electron chi connectivity index (χ0n) is 13.3. The first-order valence-corrected chi connectivity index (χ1v) is 7.78. The number of benzene rings is 1. The van der Waals surface area contributed by atoms with Crippen molar-refractivity contribution < 1.29 is 0 Å². The van der Waals surface area contributed by atoms with Crippen LogP contribution < -0.4 is 10.2 Å². The Kier molecular flexibility index (Phi) is 5.82. The molecule has 1 N–H and O–H groups in total. The molecule has 0 amide bonds. The van der Waals surface area contributed by atoms with Crippen molar-refractivity contribution in [3.8, 4) is 0 Å². The molecule has 21 heavy (non-hydrogen) atoms. The fourth-order valence-electron chi connectivity index (χ4n) is 2.38. The summed E-state index contributed by atoms with van der Waals surface area (Å²) >= 11 is 0. The van der Waals surface area contributed by atoms with E-state index >= 15 is 0 Å². The summed E-state index contributed by atoms with van der Waals surface area (Å²) in [4.78, 5) is 2.12. The second-order valence-corrected chi connectivity index (χ2v) is 5.66. The number of unbranched alkanes of at least 4 members (excludes halogenated alkanes) is 1. The van der Waals surface area contributed by atoms with Crippen molar-refractivity contribution >= 4 is 11.8 Å². The minimum atomic E-state index is 0.329. The normalized spacial score (nSPS) is 19.2. The highest BCUT2D eigenvalue weighted by molar-refractivity contribution is 5.62. The van der Waals surface area contributed by atoms with Gasteiger partial charge in [0.05, 0.1) is 6.04 Å². The van der Waals surface area contributed by atoms with E-state index in [1.54, 1.807) is 0 Å². The fourth-order valence-corrected chi connectivity index (χ4v) is 2.38. The number of nitrogens with one attached hydrogen (secondary N) is 1. The zero-order valence-corrected chi connectivity index (χ0v) is 13.3. The van der Waals surface area contributed by atoms with Gasteiger partial charge in [0.2, 0.25) is 0 Å². The lowest BCUT2D eigenvalue weighted by Crippen LogP contribution is -2.30. The smallest absolute Gasteiger partial charge is 0.0509 e. The van der Waals surface area contributed by atoms with Gasteiger partial charge in [0, 0.05) is 19.8 Å². The largest absolute Gasteiger partial charge is 0.378 e. The summed E-state index contributed by atoms with van der Waals surface area (Å²) in [5.74, 6) is 0. The average molecular weight is 282 g/mol. The van der Waals surface area contributed by atoms with E-state index in [1.807, 2.05) is 0 Å². The fraction of sp³-hybridized carbons (Fsp3) is 0.368. The second-order valence-electron chi connectivity index (χ2n) is 5.66. The number of hydrogen-bond donors (Lipinski definition) is 1. The molecule has 0 heterocycles. The molecule has 1 aromatic rings. The molecule has 1 aliphatic rings. The number of anilines is 1. The Morgan fingerprint density at radius 3 is 2.57 bits per heavy atom. The molecule has 2 heteroatoms. The van der Waals surface area contributed by atoms with Crippen LogP contribution in [0.4, 0.5) is 5.69 Å². The van der Waals surface area contributed by atoms with E-state index in [0.717, 1.165) is 6.54 Å². The van der Waals surface area contributed by atoms with Gasteiger partial charge in [-0.1, -0.05) is 49.8 Å². The summed E-state index contributed by atoms with van der Waals surface area (Å²) in [6.07, 6.45) is 13.4. The molecule has 0 fully saturated rings. The second kappa shape index (κ2) is 7.84. The molecule has 2 rings (SSSR count). The molecule has 0 aromatic heterocycles. The third kappa shape index (κ3) is 4.61.